The molecule has 0 aliphatic heterocycles. The third-order valence-electron chi connectivity index (χ3n) is 5.09. The molecule has 0 fully saturated rings. The number of carbonyl (C=O) groups excluding carboxylic acids is 1. The van der Waals surface area contributed by atoms with Crippen molar-refractivity contribution in [3.8, 4) is 0 Å². The molecule has 2 nitrogen and oxygen atoms in total. The molecule has 0 bridgehead atoms. The predicted molar refractivity (Wildman–Crippen MR) is 116 cm³/mol. The van der Waals surface area contributed by atoms with Gasteiger partial charge >= 0.3 is 0 Å². The molecule has 3 aromatic carbocycles. The Balaban J connectivity index is 1.93. The van der Waals surface area contributed by atoms with Crippen LogP contribution in [0.2, 0.25) is 0 Å². The maximum absolute atomic E-state index is 13.1. The largest absolute Gasteiger partial charge is 0.324 e. The summed E-state index contributed by atoms with van der Waals surface area (Å²) in [7, 11) is 0. The van der Waals surface area contributed by atoms with Crippen LogP contribution in [0, 0.1) is 0 Å². The fourth-order valence-electron chi connectivity index (χ4n) is 3.29. The number of amides is 1. The summed E-state index contributed by atoms with van der Waals surface area (Å²) in [6.07, 6.45) is 0.500. The van der Waals surface area contributed by atoms with Crippen LogP contribution in [0.3, 0.4) is 0 Å². The summed E-state index contributed by atoms with van der Waals surface area (Å²) in [5, 5.41) is 5.14. The molecule has 1 amide bonds. The molecule has 0 saturated heterocycles. The molecule has 0 aliphatic rings. The first-order valence-corrected chi connectivity index (χ1v) is 9.72. The van der Waals surface area contributed by atoms with E-state index in [-0.39, 0.29) is 11.3 Å². The van der Waals surface area contributed by atoms with Gasteiger partial charge in [0.1, 0.15) is 4.87 Å². The van der Waals surface area contributed by atoms with E-state index in [4.69, 9.17) is 11.6 Å². The lowest BCUT2D eigenvalue weighted by atomic mass is 9.85. The Morgan fingerprint density at radius 1 is 0.889 bits per heavy atom. The van der Waals surface area contributed by atoms with Crippen LogP contribution >= 0.6 is 11.6 Å². The van der Waals surface area contributed by atoms with E-state index < -0.39 is 4.87 Å². The summed E-state index contributed by atoms with van der Waals surface area (Å²) >= 11 is 6.86. The minimum absolute atomic E-state index is 0.0604. The van der Waals surface area contributed by atoms with Gasteiger partial charge in [0.25, 0.3) is 0 Å². The lowest BCUT2D eigenvalue weighted by molar-refractivity contribution is -0.119. The van der Waals surface area contributed by atoms with Crippen LogP contribution < -0.4 is 5.32 Å². The Hall–Kier alpha value is -2.32. The van der Waals surface area contributed by atoms with Crippen LogP contribution in [-0.4, -0.2) is 5.91 Å². The second kappa shape index (κ2) is 7.36. The number of fused-ring (bicyclic) bond motifs is 1. The number of hydrogen-bond donors (Lipinski definition) is 1. The summed E-state index contributed by atoms with van der Waals surface area (Å²) < 4.78 is 0. The number of carbonyl (C=O) groups is 1. The molecule has 27 heavy (non-hydrogen) atoms. The van der Waals surface area contributed by atoms with Crippen molar-refractivity contribution in [3.05, 3.63) is 77.9 Å². The SMILES string of the molecule is CCC(Cl)(C(=O)Nc1cccc2ccccc12)c1ccc(C(C)(C)C)cc1. The highest BCUT2D eigenvalue weighted by atomic mass is 35.5. The average molecular weight is 380 g/mol. The van der Waals surface area contributed by atoms with Gasteiger partial charge in [0, 0.05) is 11.1 Å². The van der Waals surface area contributed by atoms with Crippen molar-refractivity contribution < 1.29 is 4.79 Å². The summed E-state index contributed by atoms with van der Waals surface area (Å²) in [6, 6.07) is 22.0. The van der Waals surface area contributed by atoms with Gasteiger partial charge in [-0.2, -0.15) is 0 Å². The van der Waals surface area contributed by atoms with Gasteiger partial charge in [-0.15, -0.1) is 11.6 Å². The zero-order valence-electron chi connectivity index (χ0n) is 16.3. The highest BCUT2D eigenvalue weighted by Crippen LogP contribution is 2.36. The summed E-state index contributed by atoms with van der Waals surface area (Å²) in [5.74, 6) is -0.202. The molecule has 0 spiro atoms. The monoisotopic (exact) mass is 379 g/mol. The molecule has 1 atom stereocenters. The zero-order chi connectivity index (χ0) is 19.7. The number of anilines is 1. The van der Waals surface area contributed by atoms with Crippen LogP contribution in [0.15, 0.2) is 66.7 Å². The number of nitrogens with one attached hydrogen (secondary N) is 1. The van der Waals surface area contributed by atoms with Crippen molar-refractivity contribution in [1.29, 1.82) is 0 Å². The minimum atomic E-state index is -1.10. The first kappa shape index (κ1) is 19.4. The summed E-state index contributed by atoms with van der Waals surface area (Å²) in [6.45, 7) is 8.45. The van der Waals surface area contributed by atoms with E-state index in [1.807, 2.05) is 61.5 Å². The fraction of sp³-hybridized carbons (Fsp3) is 0.292. The molecule has 1 N–H and O–H groups in total. The Bertz CT molecular complexity index is 951. The van der Waals surface area contributed by atoms with Gasteiger partial charge in [-0.05, 0) is 34.4 Å². The highest BCUT2D eigenvalue weighted by Gasteiger charge is 2.36. The first-order chi connectivity index (χ1) is 12.8. The molecule has 0 radical (unpaired) electrons. The Kier molecular flexibility index (Phi) is 5.30. The molecule has 0 aromatic heterocycles. The Morgan fingerprint density at radius 2 is 1.48 bits per heavy atom. The van der Waals surface area contributed by atoms with E-state index in [2.05, 4.69) is 38.2 Å². The van der Waals surface area contributed by atoms with Crippen LogP contribution in [0.25, 0.3) is 10.8 Å². The van der Waals surface area contributed by atoms with Gasteiger partial charge in [-0.1, -0.05) is 88.4 Å². The Labute approximate surface area is 166 Å². The normalized spacial score (nSPS) is 14.0. The number of hydrogen-bond acceptors (Lipinski definition) is 1. The number of halogens is 1. The standard InChI is InChI=1S/C24H26ClNO/c1-5-24(25,19-15-13-18(14-16-19)23(2,3)4)22(27)26-21-12-8-10-17-9-6-7-11-20(17)21/h6-16H,5H2,1-4H3,(H,26,27). The highest BCUT2D eigenvalue weighted by molar-refractivity contribution is 6.36. The van der Waals surface area contributed by atoms with Gasteiger partial charge in [-0.25, -0.2) is 0 Å². The van der Waals surface area contributed by atoms with Crippen molar-refractivity contribution in [2.75, 3.05) is 5.32 Å². The van der Waals surface area contributed by atoms with E-state index in [1.54, 1.807) is 0 Å². The van der Waals surface area contributed by atoms with Gasteiger partial charge in [0.15, 0.2) is 0 Å². The van der Waals surface area contributed by atoms with E-state index in [1.165, 1.54) is 5.56 Å². The van der Waals surface area contributed by atoms with Crippen molar-refractivity contribution in [2.24, 2.45) is 0 Å². The molecule has 140 valence electrons. The second-order valence-corrected chi connectivity index (χ2v) is 8.61. The van der Waals surface area contributed by atoms with Gasteiger partial charge in [0.2, 0.25) is 5.91 Å². The second-order valence-electron chi connectivity index (χ2n) is 7.96. The van der Waals surface area contributed by atoms with Crippen LogP contribution in [-0.2, 0) is 15.1 Å². The quantitative estimate of drug-likeness (QED) is 0.507. The van der Waals surface area contributed by atoms with Gasteiger partial charge in [-0.3, -0.25) is 4.79 Å². The summed E-state index contributed by atoms with van der Waals surface area (Å²) in [4.78, 5) is 12.0. The maximum Gasteiger partial charge on any atom is 0.250 e. The smallest absolute Gasteiger partial charge is 0.250 e. The van der Waals surface area contributed by atoms with Crippen molar-refractivity contribution in [3.63, 3.8) is 0 Å². The van der Waals surface area contributed by atoms with Gasteiger partial charge in [0.05, 0.1) is 0 Å². The average Bonchev–Trinajstić information content (AvgIpc) is 2.67. The topological polar surface area (TPSA) is 29.1 Å². The molecule has 0 aliphatic carbocycles. The van der Waals surface area contributed by atoms with Crippen molar-refractivity contribution >= 4 is 34.0 Å². The molecule has 3 rings (SSSR count). The van der Waals surface area contributed by atoms with Crippen LogP contribution in [0.4, 0.5) is 5.69 Å². The molecular weight excluding hydrogens is 354 g/mol. The molecule has 3 heteroatoms. The molecular formula is C24H26ClNO. The predicted octanol–water partition coefficient (Wildman–Crippen LogP) is 6.62. The van der Waals surface area contributed by atoms with E-state index in [0.717, 1.165) is 22.0 Å². The van der Waals surface area contributed by atoms with Crippen molar-refractivity contribution in [2.45, 2.75) is 44.4 Å². The number of rotatable bonds is 4. The van der Waals surface area contributed by atoms with Crippen LogP contribution in [0.5, 0.6) is 0 Å². The number of benzene rings is 3. The van der Waals surface area contributed by atoms with Crippen LogP contribution in [0.1, 0.15) is 45.2 Å². The summed E-state index contributed by atoms with van der Waals surface area (Å²) in [5.41, 5.74) is 2.88. The third kappa shape index (κ3) is 3.86. The third-order valence-corrected chi connectivity index (χ3v) is 5.75. The fourth-order valence-corrected chi connectivity index (χ4v) is 3.46. The van der Waals surface area contributed by atoms with E-state index in [9.17, 15) is 4.79 Å². The van der Waals surface area contributed by atoms with E-state index in [0.29, 0.717) is 6.42 Å². The lowest BCUT2D eigenvalue weighted by Gasteiger charge is -2.27. The number of alkyl halides is 1. The van der Waals surface area contributed by atoms with E-state index >= 15 is 0 Å². The molecule has 1 unspecified atom stereocenters. The minimum Gasteiger partial charge on any atom is -0.324 e. The molecule has 3 aromatic rings. The van der Waals surface area contributed by atoms with Crippen molar-refractivity contribution in [1.82, 2.24) is 0 Å². The maximum atomic E-state index is 13.1. The van der Waals surface area contributed by atoms with Gasteiger partial charge < -0.3 is 5.32 Å². The Morgan fingerprint density at radius 3 is 2.11 bits per heavy atom. The molecule has 0 saturated carbocycles. The zero-order valence-corrected chi connectivity index (χ0v) is 17.1. The molecule has 0 heterocycles. The first-order valence-electron chi connectivity index (χ1n) is 9.35. The lowest BCUT2D eigenvalue weighted by Crippen LogP contribution is -2.35.